The largest absolute Gasteiger partial charge is 0.493 e. The Bertz CT molecular complexity index is 930. The fourth-order valence-electron chi connectivity index (χ4n) is 3.22. The second-order valence-corrected chi connectivity index (χ2v) is 6.35. The number of hydrogen-bond acceptors (Lipinski definition) is 3. The van der Waals surface area contributed by atoms with Crippen LogP contribution in [0.15, 0.2) is 42.5 Å². The number of nitrogens with one attached hydrogen (secondary N) is 2. The number of fused-ring (bicyclic) bond motifs is 1. The number of methoxy groups -OCH3 is 2. The lowest BCUT2D eigenvalue weighted by molar-refractivity contribution is -0.121. The summed E-state index contributed by atoms with van der Waals surface area (Å²) in [6, 6.07) is 13.6. The Morgan fingerprint density at radius 3 is 2.58 bits per heavy atom. The summed E-state index contributed by atoms with van der Waals surface area (Å²) in [6.07, 6.45) is 0.341. The summed E-state index contributed by atoms with van der Waals surface area (Å²) in [5.41, 5.74) is 4.09. The molecule has 0 fully saturated rings. The first-order valence-corrected chi connectivity index (χ1v) is 8.61. The molecule has 0 bridgehead atoms. The molecule has 0 saturated carbocycles. The zero-order chi connectivity index (χ0) is 18.7. The molecule has 136 valence electrons. The molecule has 3 rings (SSSR count). The zero-order valence-corrected chi connectivity index (χ0v) is 15.6. The molecule has 1 atom stereocenters. The van der Waals surface area contributed by atoms with Crippen molar-refractivity contribution < 1.29 is 14.3 Å². The maximum absolute atomic E-state index is 12.6. The summed E-state index contributed by atoms with van der Waals surface area (Å²) in [5, 5.41) is 4.16. The SMILES string of the molecule is COc1ccc(C(C)NC(=O)Cc2c(C)[nH]c3ccccc23)cc1OC. The molecule has 1 unspecified atom stereocenters. The van der Waals surface area contributed by atoms with Gasteiger partial charge < -0.3 is 19.8 Å². The van der Waals surface area contributed by atoms with Gasteiger partial charge in [-0.2, -0.15) is 0 Å². The maximum Gasteiger partial charge on any atom is 0.224 e. The van der Waals surface area contributed by atoms with Gasteiger partial charge in [0.2, 0.25) is 5.91 Å². The van der Waals surface area contributed by atoms with E-state index in [1.807, 2.05) is 56.3 Å². The van der Waals surface area contributed by atoms with Crippen molar-refractivity contribution in [3.63, 3.8) is 0 Å². The predicted molar refractivity (Wildman–Crippen MR) is 103 cm³/mol. The average Bonchev–Trinajstić information content (AvgIpc) is 2.96. The third-order valence-electron chi connectivity index (χ3n) is 4.65. The van der Waals surface area contributed by atoms with Crippen LogP contribution in [0.2, 0.25) is 0 Å². The monoisotopic (exact) mass is 352 g/mol. The highest BCUT2D eigenvalue weighted by atomic mass is 16.5. The summed E-state index contributed by atoms with van der Waals surface area (Å²) >= 11 is 0. The molecule has 2 aromatic carbocycles. The van der Waals surface area contributed by atoms with Crippen molar-refractivity contribution in [1.82, 2.24) is 10.3 Å². The minimum absolute atomic E-state index is 0.0138. The molecule has 26 heavy (non-hydrogen) atoms. The van der Waals surface area contributed by atoms with Gasteiger partial charge in [-0.25, -0.2) is 0 Å². The normalized spacial score (nSPS) is 12.0. The number of aryl methyl sites for hydroxylation is 1. The highest BCUT2D eigenvalue weighted by molar-refractivity contribution is 5.90. The number of aromatic nitrogens is 1. The Morgan fingerprint density at radius 1 is 1.12 bits per heavy atom. The van der Waals surface area contributed by atoms with E-state index < -0.39 is 0 Å². The smallest absolute Gasteiger partial charge is 0.224 e. The van der Waals surface area contributed by atoms with E-state index in [0.717, 1.165) is 27.7 Å². The number of benzene rings is 2. The van der Waals surface area contributed by atoms with E-state index in [2.05, 4.69) is 10.3 Å². The lowest BCUT2D eigenvalue weighted by atomic mass is 10.1. The summed E-state index contributed by atoms with van der Waals surface area (Å²) in [4.78, 5) is 15.9. The number of para-hydroxylation sites is 1. The summed E-state index contributed by atoms with van der Waals surface area (Å²) < 4.78 is 10.6. The molecule has 0 aliphatic heterocycles. The summed E-state index contributed by atoms with van der Waals surface area (Å²) in [5.74, 6) is 1.31. The number of H-pyrrole nitrogens is 1. The Hall–Kier alpha value is -2.95. The van der Waals surface area contributed by atoms with Gasteiger partial charge in [0.15, 0.2) is 11.5 Å². The molecule has 0 spiro atoms. The standard InChI is InChI=1S/C21H24N2O3/c1-13(15-9-10-19(25-3)20(11-15)26-4)23-21(24)12-17-14(2)22-18-8-6-5-7-16(17)18/h5-11,13,22H,12H2,1-4H3,(H,23,24). The van der Waals surface area contributed by atoms with Crippen LogP contribution < -0.4 is 14.8 Å². The van der Waals surface area contributed by atoms with Crippen molar-refractivity contribution in [3.8, 4) is 11.5 Å². The van der Waals surface area contributed by atoms with Crippen molar-refractivity contribution in [2.45, 2.75) is 26.3 Å². The van der Waals surface area contributed by atoms with E-state index in [1.54, 1.807) is 14.2 Å². The molecule has 1 aromatic heterocycles. The van der Waals surface area contributed by atoms with Crippen molar-refractivity contribution in [1.29, 1.82) is 0 Å². The molecule has 2 N–H and O–H groups in total. The maximum atomic E-state index is 12.6. The molecule has 0 radical (unpaired) electrons. The fourth-order valence-corrected chi connectivity index (χ4v) is 3.22. The third kappa shape index (κ3) is 3.52. The van der Waals surface area contributed by atoms with Crippen LogP contribution in [-0.2, 0) is 11.2 Å². The molecule has 3 aromatic rings. The van der Waals surface area contributed by atoms with Gasteiger partial charge in [0.1, 0.15) is 0 Å². The molecular formula is C21H24N2O3. The van der Waals surface area contributed by atoms with Crippen LogP contribution in [0.4, 0.5) is 0 Å². The minimum Gasteiger partial charge on any atom is -0.493 e. The van der Waals surface area contributed by atoms with Crippen molar-refractivity contribution in [2.75, 3.05) is 14.2 Å². The van der Waals surface area contributed by atoms with Gasteiger partial charge in [-0.15, -0.1) is 0 Å². The Labute approximate surface area is 153 Å². The van der Waals surface area contributed by atoms with Gasteiger partial charge >= 0.3 is 0 Å². The van der Waals surface area contributed by atoms with Crippen molar-refractivity contribution >= 4 is 16.8 Å². The first-order valence-electron chi connectivity index (χ1n) is 8.61. The van der Waals surface area contributed by atoms with E-state index in [0.29, 0.717) is 17.9 Å². The van der Waals surface area contributed by atoms with E-state index >= 15 is 0 Å². The van der Waals surface area contributed by atoms with Crippen LogP contribution in [0, 0.1) is 6.92 Å². The minimum atomic E-state index is -0.132. The predicted octanol–water partition coefficient (Wildman–Crippen LogP) is 3.91. The van der Waals surface area contributed by atoms with E-state index in [-0.39, 0.29) is 11.9 Å². The number of ether oxygens (including phenoxy) is 2. The van der Waals surface area contributed by atoms with E-state index in [9.17, 15) is 4.79 Å². The van der Waals surface area contributed by atoms with Crippen LogP contribution >= 0.6 is 0 Å². The van der Waals surface area contributed by atoms with Crippen LogP contribution in [0.1, 0.15) is 29.8 Å². The zero-order valence-electron chi connectivity index (χ0n) is 15.6. The lowest BCUT2D eigenvalue weighted by Gasteiger charge is -2.16. The van der Waals surface area contributed by atoms with Gasteiger partial charge in [0, 0.05) is 16.6 Å². The number of amides is 1. The lowest BCUT2D eigenvalue weighted by Crippen LogP contribution is -2.28. The van der Waals surface area contributed by atoms with Gasteiger partial charge in [0.25, 0.3) is 0 Å². The van der Waals surface area contributed by atoms with Gasteiger partial charge in [-0.1, -0.05) is 24.3 Å². The van der Waals surface area contributed by atoms with E-state index in [1.165, 1.54) is 0 Å². The van der Waals surface area contributed by atoms with E-state index in [4.69, 9.17) is 9.47 Å². The van der Waals surface area contributed by atoms with Crippen molar-refractivity contribution in [3.05, 3.63) is 59.3 Å². The van der Waals surface area contributed by atoms with Gasteiger partial charge in [0.05, 0.1) is 26.7 Å². The highest BCUT2D eigenvalue weighted by Gasteiger charge is 2.16. The molecule has 1 amide bonds. The molecule has 0 aliphatic rings. The van der Waals surface area contributed by atoms with Crippen LogP contribution in [0.25, 0.3) is 10.9 Å². The third-order valence-corrected chi connectivity index (χ3v) is 4.65. The van der Waals surface area contributed by atoms with Gasteiger partial charge in [-0.05, 0) is 43.2 Å². The summed E-state index contributed by atoms with van der Waals surface area (Å²) in [7, 11) is 3.21. The topological polar surface area (TPSA) is 63.3 Å². The Morgan fingerprint density at radius 2 is 1.85 bits per heavy atom. The highest BCUT2D eigenvalue weighted by Crippen LogP contribution is 2.30. The molecule has 0 aliphatic carbocycles. The number of rotatable bonds is 6. The molecule has 1 heterocycles. The first kappa shape index (κ1) is 17.9. The first-order chi connectivity index (χ1) is 12.5. The number of hydrogen-bond donors (Lipinski definition) is 2. The van der Waals surface area contributed by atoms with Gasteiger partial charge in [-0.3, -0.25) is 4.79 Å². The Kier molecular flexibility index (Phi) is 5.16. The Balaban J connectivity index is 1.74. The number of aromatic amines is 1. The molecule has 5 nitrogen and oxygen atoms in total. The fraction of sp³-hybridized carbons (Fsp3) is 0.286. The number of carbonyl (C=O) groups excluding carboxylic acids is 1. The van der Waals surface area contributed by atoms with Crippen molar-refractivity contribution in [2.24, 2.45) is 0 Å². The average molecular weight is 352 g/mol. The second kappa shape index (κ2) is 7.52. The van der Waals surface area contributed by atoms with Crippen LogP contribution in [0.5, 0.6) is 11.5 Å². The molecular weight excluding hydrogens is 328 g/mol. The number of carbonyl (C=O) groups is 1. The van der Waals surface area contributed by atoms with Crippen LogP contribution in [0.3, 0.4) is 0 Å². The molecule has 0 saturated heterocycles. The summed E-state index contributed by atoms with van der Waals surface area (Å²) in [6.45, 7) is 3.96. The molecule has 5 heteroatoms. The quantitative estimate of drug-likeness (QED) is 0.707. The second-order valence-electron chi connectivity index (χ2n) is 6.35. The van der Waals surface area contributed by atoms with Crippen LogP contribution in [-0.4, -0.2) is 25.1 Å².